The third-order valence-electron chi connectivity index (χ3n) is 2.36. The molecule has 0 saturated heterocycles. The maximum absolute atomic E-state index is 9.63. The average molecular weight is 588 g/mol. The van der Waals surface area contributed by atoms with Crippen LogP contribution < -0.4 is 47.7 Å². The zero-order chi connectivity index (χ0) is 23.4. The van der Waals surface area contributed by atoms with Crippen molar-refractivity contribution in [3.63, 3.8) is 0 Å². The third kappa shape index (κ3) is 31.7. The van der Waals surface area contributed by atoms with Gasteiger partial charge in [-0.3, -0.25) is 0 Å². The van der Waals surface area contributed by atoms with Crippen LogP contribution in [0.15, 0.2) is 41.0 Å². The van der Waals surface area contributed by atoms with Crippen molar-refractivity contribution in [1.82, 2.24) is 0 Å². The summed E-state index contributed by atoms with van der Waals surface area (Å²) >= 11 is 0. The van der Waals surface area contributed by atoms with Crippen molar-refractivity contribution < 1.29 is 54.7 Å². The number of nitrogens with zero attached hydrogens (tertiary/aromatic N) is 8. The van der Waals surface area contributed by atoms with E-state index in [0.29, 0.717) is 5.71 Å². The van der Waals surface area contributed by atoms with Crippen molar-refractivity contribution in [3.8, 4) is 0 Å². The van der Waals surface area contributed by atoms with Crippen LogP contribution >= 0.6 is 0 Å². The Hall–Kier alpha value is -3.04. The molecule has 0 unspecified atom stereocenters. The molecule has 19 heteroatoms. The van der Waals surface area contributed by atoms with E-state index in [-0.39, 0.29) is 79.1 Å². The molecule has 0 aliphatic heterocycles. The molecule has 0 aromatic carbocycles. The molecule has 0 rings (SSSR count). The molecule has 0 aliphatic rings. The third-order valence-corrected chi connectivity index (χ3v) is 2.36. The van der Waals surface area contributed by atoms with E-state index in [0.717, 1.165) is 0 Å². The van der Waals surface area contributed by atoms with Crippen LogP contribution in [0, 0.1) is 10.4 Å². The van der Waals surface area contributed by atoms with E-state index in [1.807, 2.05) is 0 Å². The Balaban J connectivity index is -0.0000000790. The van der Waals surface area contributed by atoms with Crippen molar-refractivity contribution in [2.75, 3.05) is 0 Å². The Morgan fingerprint density at radius 3 is 1.22 bits per heavy atom. The summed E-state index contributed by atoms with van der Waals surface area (Å²) in [7, 11) is 0. The van der Waals surface area contributed by atoms with Gasteiger partial charge in [-0.05, 0) is 34.6 Å². The number of oxime groups is 2. The molecule has 0 aromatic heterocycles. The first-order valence-electron chi connectivity index (χ1n) is 7.43. The zero-order valence-corrected chi connectivity index (χ0v) is 20.9. The SMILES string of the molecule is CC(/C=N/N=C(N)N)=N\N=C(N)N.CC(=N\[O-])/C(C)=N/O.CC(=N\[O-])/C(C)=N/O.[Cl-].[Cl-].[Rh+3]. The predicted octanol–water partition coefficient (Wildman–Crippen LogP) is -6.51. The van der Waals surface area contributed by atoms with Crippen LogP contribution in [0.5, 0.6) is 0 Å². The fourth-order valence-corrected chi connectivity index (χ4v) is 0.618. The monoisotopic (exact) mass is 587 g/mol. The molecular weight excluding hydrogens is 562 g/mol. The summed E-state index contributed by atoms with van der Waals surface area (Å²) in [6.45, 7) is 7.58. The van der Waals surface area contributed by atoms with Crippen LogP contribution in [0.1, 0.15) is 34.6 Å². The van der Waals surface area contributed by atoms with E-state index in [2.05, 4.69) is 41.0 Å². The van der Waals surface area contributed by atoms with Gasteiger partial charge in [0.15, 0.2) is 0 Å². The molecule has 0 fully saturated rings. The second-order valence-electron chi connectivity index (χ2n) is 4.76. The molecule has 0 heterocycles. The van der Waals surface area contributed by atoms with Gasteiger partial charge in [0.1, 0.15) is 0 Å². The molecule has 16 nitrogen and oxygen atoms in total. The minimum Gasteiger partial charge on any atom is -1.00 e. The van der Waals surface area contributed by atoms with Gasteiger partial charge in [0, 0.05) is 0 Å². The summed E-state index contributed by atoms with van der Waals surface area (Å²) in [6.07, 6.45) is 1.31. The molecule has 32 heavy (non-hydrogen) atoms. The van der Waals surface area contributed by atoms with Gasteiger partial charge in [-0.15, -0.1) is 10.2 Å². The van der Waals surface area contributed by atoms with Gasteiger partial charge >= 0.3 is 19.5 Å². The second-order valence-corrected chi connectivity index (χ2v) is 4.76. The standard InChI is InChI=1S/C5H12N8.2C4H8N2O2.2ClH.Rh/c1-3(11-13-5(8)9)2-10-12-4(6)7;2*1-3(5-7)4(2)6-8;;;/h2H,1H3,(H4,6,7,12)(H4,8,9,13);2*7-8H,1-2H3;2*1H;/q;;;;;+3/p-4/b10-2+,11-3+;2*5-3+,6-4+;;;. The van der Waals surface area contributed by atoms with Crippen LogP contribution in [0.2, 0.25) is 0 Å². The zero-order valence-electron chi connectivity index (χ0n) is 17.8. The van der Waals surface area contributed by atoms with Crippen LogP contribution in [-0.2, 0) is 19.5 Å². The van der Waals surface area contributed by atoms with E-state index in [9.17, 15) is 10.4 Å². The smallest absolute Gasteiger partial charge is 1.00 e. The van der Waals surface area contributed by atoms with Gasteiger partial charge in [0.05, 0.1) is 34.8 Å². The maximum atomic E-state index is 9.63. The molecule has 0 bridgehead atoms. The Kier molecular flexibility index (Phi) is 37.5. The van der Waals surface area contributed by atoms with Crippen molar-refractivity contribution >= 4 is 46.7 Å². The van der Waals surface area contributed by atoms with Crippen LogP contribution in [0.3, 0.4) is 0 Å². The van der Waals surface area contributed by atoms with Crippen molar-refractivity contribution in [2.24, 2.45) is 64.0 Å². The van der Waals surface area contributed by atoms with Crippen molar-refractivity contribution in [2.45, 2.75) is 34.6 Å². The molecule has 0 aliphatic carbocycles. The molecule has 10 N–H and O–H groups in total. The molecule has 0 amide bonds. The summed E-state index contributed by atoms with van der Waals surface area (Å²) in [5.74, 6) is -0.263. The minimum absolute atomic E-state index is 0. The minimum atomic E-state index is -0.133. The summed E-state index contributed by atoms with van der Waals surface area (Å²) in [6, 6.07) is 0. The molecule has 0 spiro atoms. The predicted molar refractivity (Wildman–Crippen MR) is 116 cm³/mol. The van der Waals surface area contributed by atoms with Gasteiger partial charge < -0.3 is 78.9 Å². The quantitative estimate of drug-likeness (QED) is 0.0589. The largest absolute Gasteiger partial charge is 3.00 e. The molecule has 0 radical (unpaired) electrons. The molecular formula is C13H26Cl2N12O4Rh-. The Bertz CT molecular complexity index is 664. The molecule has 0 saturated carbocycles. The van der Waals surface area contributed by atoms with Crippen LogP contribution in [-0.4, -0.2) is 57.1 Å². The van der Waals surface area contributed by atoms with E-state index < -0.39 is 0 Å². The van der Waals surface area contributed by atoms with Gasteiger partial charge in [0.25, 0.3) is 0 Å². The average Bonchev–Trinajstić information content (AvgIpc) is 2.70. The Labute approximate surface area is 210 Å². The summed E-state index contributed by atoms with van der Waals surface area (Å²) in [5, 5.41) is 59.6. The first-order chi connectivity index (χ1) is 13.5. The fourth-order valence-electron chi connectivity index (χ4n) is 0.618. The first-order valence-corrected chi connectivity index (χ1v) is 7.43. The van der Waals surface area contributed by atoms with Gasteiger partial charge in [-0.2, -0.15) is 10.2 Å². The van der Waals surface area contributed by atoms with Crippen molar-refractivity contribution in [1.29, 1.82) is 0 Å². The number of hydrogen-bond acceptors (Lipinski definition) is 12. The second kappa shape index (κ2) is 28.0. The molecule has 0 aromatic rings. The fraction of sp³-hybridized carbons (Fsp3) is 0.385. The van der Waals surface area contributed by atoms with Gasteiger partial charge in [-0.25, -0.2) is 0 Å². The summed E-state index contributed by atoms with van der Waals surface area (Å²) in [4.78, 5) is 0. The van der Waals surface area contributed by atoms with Crippen molar-refractivity contribution in [3.05, 3.63) is 10.4 Å². The van der Waals surface area contributed by atoms with Crippen LogP contribution in [0.4, 0.5) is 0 Å². The summed E-state index contributed by atoms with van der Waals surface area (Å²) < 4.78 is 0. The normalized spacial score (nSPS) is 11.7. The van der Waals surface area contributed by atoms with E-state index in [4.69, 9.17) is 33.3 Å². The van der Waals surface area contributed by atoms with Gasteiger partial charge in [-0.1, -0.05) is 10.3 Å². The van der Waals surface area contributed by atoms with E-state index >= 15 is 0 Å². The Morgan fingerprint density at radius 2 is 1.00 bits per heavy atom. The molecule has 186 valence electrons. The Morgan fingerprint density at radius 1 is 0.656 bits per heavy atom. The number of guanidine groups is 2. The van der Waals surface area contributed by atoms with Crippen LogP contribution in [0.25, 0.3) is 0 Å². The van der Waals surface area contributed by atoms with E-state index in [1.54, 1.807) is 6.92 Å². The molecule has 0 atom stereocenters. The van der Waals surface area contributed by atoms with Gasteiger partial charge in [0.2, 0.25) is 11.9 Å². The number of rotatable bonds is 5. The number of halogens is 2. The number of nitrogens with two attached hydrogens (primary N) is 4. The summed E-state index contributed by atoms with van der Waals surface area (Å²) in [5.41, 5.74) is 21.4. The first kappa shape index (κ1) is 42.9. The number of hydrogen-bond donors (Lipinski definition) is 6. The maximum Gasteiger partial charge on any atom is 3.00 e. The topological polar surface area (TPSA) is 290 Å². The van der Waals surface area contributed by atoms with E-state index in [1.165, 1.54) is 33.9 Å².